The van der Waals surface area contributed by atoms with Crippen molar-refractivity contribution in [1.29, 1.82) is 0 Å². The van der Waals surface area contributed by atoms with E-state index in [1.807, 2.05) is 18.2 Å². The highest BCUT2D eigenvalue weighted by Crippen LogP contribution is 2.37. The van der Waals surface area contributed by atoms with Crippen molar-refractivity contribution in [1.82, 2.24) is 44.4 Å². The zero-order valence-corrected chi connectivity index (χ0v) is 33.7. The Morgan fingerprint density at radius 3 is 2.61 bits per heavy atom. The molecule has 3 saturated heterocycles. The van der Waals surface area contributed by atoms with Crippen LogP contribution in [0, 0.1) is 5.92 Å². The van der Waals surface area contributed by atoms with Gasteiger partial charge in [0.05, 0.1) is 47.6 Å². The second kappa shape index (κ2) is 16.7. The number of piperidine rings is 3. The summed E-state index contributed by atoms with van der Waals surface area (Å²) < 4.78 is 63.2. The average Bonchev–Trinajstić information content (AvgIpc) is 3.94. The Bertz CT molecular complexity index is 2440. The van der Waals surface area contributed by atoms with E-state index in [1.165, 1.54) is 21.6 Å². The number of nitrogens with one attached hydrogen (secondary N) is 3. The summed E-state index contributed by atoms with van der Waals surface area (Å²) >= 11 is 0. The Morgan fingerprint density at radius 1 is 1.03 bits per heavy atom. The van der Waals surface area contributed by atoms with Crippen LogP contribution >= 0.6 is 0 Å². The van der Waals surface area contributed by atoms with Crippen LogP contribution in [0.25, 0.3) is 16.6 Å². The van der Waals surface area contributed by atoms with E-state index < -0.39 is 36.3 Å². The minimum Gasteiger partial charge on any atom is -0.379 e. The maximum Gasteiger partial charge on any atom is 0.284 e. The number of carbonyl (C=O) groups is 3. The molecule has 3 aliphatic heterocycles. The zero-order valence-electron chi connectivity index (χ0n) is 33.7. The lowest BCUT2D eigenvalue weighted by Gasteiger charge is -2.38. The van der Waals surface area contributed by atoms with Gasteiger partial charge in [-0.05, 0) is 75.1 Å². The molecule has 0 bridgehead atoms. The predicted octanol–water partition coefficient (Wildman–Crippen LogP) is 4.65. The molecule has 61 heavy (non-hydrogen) atoms. The molecule has 3 amide bonds. The number of hydrogen-bond donors (Lipinski definition) is 4. The third-order valence-corrected chi connectivity index (χ3v) is 12.7. The smallest absolute Gasteiger partial charge is 0.284 e. The van der Waals surface area contributed by atoms with Crippen LogP contribution in [0.1, 0.15) is 91.5 Å². The van der Waals surface area contributed by atoms with Gasteiger partial charge in [0.2, 0.25) is 11.8 Å². The molecule has 9 rings (SSSR count). The fourth-order valence-corrected chi connectivity index (χ4v) is 9.55. The number of likely N-dealkylation sites (tertiary alicyclic amines) is 1. The van der Waals surface area contributed by atoms with E-state index >= 15 is 4.39 Å². The van der Waals surface area contributed by atoms with Crippen molar-refractivity contribution in [2.45, 2.75) is 94.2 Å². The van der Waals surface area contributed by atoms with E-state index in [2.05, 4.69) is 41.1 Å². The van der Waals surface area contributed by atoms with Crippen LogP contribution < -0.4 is 26.6 Å². The molecule has 5 N–H and O–H groups in total. The van der Waals surface area contributed by atoms with Crippen LogP contribution in [0.15, 0.2) is 42.9 Å². The van der Waals surface area contributed by atoms with Crippen molar-refractivity contribution in [2.75, 3.05) is 48.3 Å². The Morgan fingerprint density at radius 2 is 1.85 bits per heavy atom. The van der Waals surface area contributed by atoms with Crippen molar-refractivity contribution in [2.24, 2.45) is 18.7 Å². The lowest BCUT2D eigenvalue weighted by molar-refractivity contribution is -0.134. The molecule has 1 aromatic carbocycles. The second-order valence-electron chi connectivity index (χ2n) is 17.0. The van der Waals surface area contributed by atoms with E-state index in [1.54, 1.807) is 28.9 Å². The summed E-state index contributed by atoms with van der Waals surface area (Å²) in [7, 11) is 1.80. The number of amides is 3. The first-order valence-corrected chi connectivity index (χ1v) is 21.0. The fraction of sp³-hybridized carbons (Fsp3) is 0.537. The molecule has 4 aliphatic rings. The van der Waals surface area contributed by atoms with Gasteiger partial charge in [-0.2, -0.15) is 15.3 Å². The van der Waals surface area contributed by atoms with Crippen molar-refractivity contribution < 1.29 is 31.9 Å². The van der Waals surface area contributed by atoms with Crippen LogP contribution in [0.5, 0.6) is 0 Å². The van der Waals surface area contributed by atoms with Gasteiger partial charge in [0, 0.05) is 69.2 Å². The summed E-state index contributed by atoms with van der Waals surface area (Å²) in [4.78, 5) is 46.1. The molecule has 0 spiro atoms. The van der Waals surface area contributed by atoms with Crippen molar-refractivity contribution >= 4 is 51.5 Å². The van der Waals surface area contributed by atoms with Crippen LogP contribution in [-0.4, -0.2) is 114 Å². The first-order chi connectivity index (χ1) is 29.4. The van der Waals surface area contributed by atoms with Crippen molar-refractivity contribution in [3.05, 3.63) is 59.8 Å². The number of carbonyl (C=O) groups excluding carboxylic acids is 3. The number of fused-ring (bicyclic) bond motifs is 2. The summed E-state index contributed by atoms with van der Waals surface area (Å²) in [5.41, 5.74) is 7.86. The van der Waals surface area contributed by atoms with Crippen LogP contribution in [0.3, 0.4) is 0 Å². The highest BCUT2D eigenvalue weighted by atomic mass is 19.3. The number of hydrogen-bond acceptors (Lipinski definition) is 11. The largest absolute Gasteiger partial charge is 0.379 e. The highest BCUT2D eigenvalue weighted by molar-refractivity contribution is 6.08. The molecule has 16 nitrogen and oxygen atoms in total. The Balaban J connectivity index is 0.782. The molecular formula is C41H49F4N13O3. The molecule has 20 heteroatoms. The summed E-state index contributed by atoms with van der Waals surface area (Å²) in [6, 6.07) is 6.47. The second-order valence-corrected chi connectivity index (χ2v) is 17.0. The first-order valence-electron chi connectivity index (χ1n) is 21.0. The van der Waals surface area contributed by atoms with E-state index in [0.29, 0.717) is 56.2 Å². The van der Waals surface area contributed by atoms with Crippen molar-refractivity contribution in [3.63, 3.8) is 0 Å². The van der Waals surface area contributed by atoms with Gasteiger partial charge < -0.3 is 26.2 Å². The molecule has 1 unspecified atom stereocenters. The van der Waals surface area contributed by atoms with E-state index in [4.69, 9.17) is 5.73 Å². The van der Waals surface area contributed by atoms with Gasteiger partial charge in [0.15, 0.2) is 11.3 Å². The van der Waals surface area contributed by atoms with Gasteiger partial charge in [-0.1, -0.05) is 0 Å². The predicted molar refractivity (Wildman–Crippen MR) is 218 cm³/mol. The fourth-order valence-electron chi connectivity index (χ4n) is 9.55. The molecule has 4 aromatic heterocycles. The number of anilines is 3. The normalized spacial score (nSPS) is 26.6. The van der Waals surface area contributed by atoms with Crippen molar-refractivity contribution in [3.8, 4) is 0 Å². The van der Waals surface area contributed by atoms with E-state index in [-0.39, 0.29) is 66.2 Å². The quantitative estimate of drug-likeness (QED) is 0.113. The molecule has 324 valence electrons. The first kappa shape index (κ1) is 40.8. The number of alkyl halides is 4. The number of aromatic nitrogens is 7. The van der Waals surface area contributed by atoms with Gasteiger partial charge in [0.1, 0.15) is 23.7 Å². The Kier molecular flexibility index (Phi) is 11.1. The lowest BCUT2D eigenvalue weighted by atomic mass is 9.85. The van der Waals surface area contributed by atoms with E-state index in [9.17, 15) is 27.6 Å². The number of nitrogens with two attached hydrogens (primary N) is 1. The average molecular weight is 848 g/mol. The standard InChI is InChI=1S/C41H49F4N13O3/c1-54-33-15-25(4-7-27(33)36(52-54)28-8-9-35(59)51-40(28)60)48-31-10-12-55(20-30(31)43)17-22-2-5-26(6-3-22)58-21-32(37(53-58)38(44)45)49-41(61)29-16-47-57-13-11-34(50-39(29)57)56-18-23(42)14-24(46)19-56/h4,7,11,13,15-16,21-24,26,28,30-31,38,48H,2-3,5-6,8-10,12,14,17-20,46H2,1H3,(H,49,61)(H,51,59,60)/t22?,23-,24-,26?,28?,30-,31+/m1/s1. The van der Waals surface area contributed by atoms with Crippen LogP contribution in [0.2, 0.25) is 0 Å². The highest BCUT2D eigenvalue weighted by Gasteiger charge is 2.35. The minimum atomic E-state index is -2.93. The number of benzene rings is 1. The maximum atomic E-state index is 15.7. The molecule has 7 heterocycles. The van der Waals surface area contributed by atoms with E-state index in [0.717, 1.165) is 42.5 Å². The zero-order chi connectivity index (χ0) is 42.5. The molecule has 5 atom stereocenters. The monoisotopic (exact) mass is 847 g/mol. The molecule has 5 aromatic rings. The summed E-state index contributed by atoms with van der Waals surface area (Å²) in [6.07, 6.45) is 3.79. The summed E-state index contributed by atoms with van der Waals surface area (Å²) in [5.74, 6) is -1.05. The summed E-state index contributed by atoms with van der Waals surface area (Å²) in [5, 5.41) is 22.2. The molecule has 1 saturated carbocycles. The Labute approximate surface area is 348 Å². The van der Waals surface area contributed by atoms with Crippen LogP contribution in [0.4, 0.5) is 34.8 Å². The number of halogens is 4. The van der Waals surface area contributed by atoms with Gasteiger partial charge in [-0.15, -0.1) is 0 Å². The molecule has 4 fully saturated rings. The van der Waals surface area contributed by atoms with Gasteiger partial charge in [-0.3, -0.25) is 29.1 Å². The summed E-state index contributed by atoms with van der Waals surface area (Å²) in [6.45, 7) is 2.27. The number of nitrogens with zero attached hydrogens (tertiary/aromatic N) is 9. The third-order valence-electron chi connectivity index (χ3n) is 12.7. The Hall–Kier alpha value is -5.63. The SMILES string of the molecule is Cn1nc(C2CCC(=O)NC2=O)c2ccc(N[C@H]3CCN(CC4CCC(n5cc(NC(=O)c6cnn7ccc(N8C[C@H](N)C[C@@H](F)C8)nc67)c(C(F)F)n5)CC4)C[C@H]3F)cc21. The topological polar surface area (TPSA) is 186 Å². The van der Waals surface area contributed by atoms with Gasteiger partial charge >= 0.3 is 0 Å². The van der Waals surface area contributed by atoms with Crippen LogP contribution in [-0.2, 0) is 16.6 Å². The molecule has 1 aliphatic carbocycles. The number of imide groups is 1. The minimum absolute atomic E-state index is 0.0667. The number of rotatable bonds is 10. The maximum absolute atomic E-state index is 15.7. The lowest BCUT2D eigenvalue weighted by Crippen LogP contribution is -2.49. The number of aryl methyl sites for hydroxylation is 1. The van der Waals surface area contributed by atoms with Gasteiger partial charge in [0.25, 0.3) is 12.3 Å². The van der Waals surface area contributed by atoms with Gasteiger partial charge in [-0.25, -0.2) is 27.1 Å². The third kappa shape index (κ3) is 8.38. The molecular weight excluding hydrogens is 799 g/mol. The molecule has 0 radical (unpaired) electrons.